The maximum absolute atomic E-state index is 12.4. The van der Waals surface area contributed by atoms with Crippen LogP contribution in [0.4, 0.5) is 11.6 Å². The lowest BCUT2D eigenvalue weighted by atomic mass is 10.2. The number of ether oxygens (including phenoxy) is 1. The van der Waals surface area contributed by atoms with Crippen LogP contribution in [0.1, 0.15) is 6.92 Å². The smallest absolute Gasteiger partial charge is 0.329 e. The Bertz CT molecular complexity index is 1100. The fourth-order valence-corrected chi connectivity index (χ4v) is 3.72. The summed E-state index contributed by atoms with van der Waals surface area (Å²) in [6, 6.07) is 8.05. The van der Waals surface area contributed by atoms with Crippen LogP contribution >= 0.6 is 0 Å². The first-order valence-electron chi connectivity index (χ1n) is 9.37. The van der Waals surface area contributed by atoms with Gasteiger partial charge in [0.25, 0.3) is 5.56 Å². The van der Waals surface area contributed by atoms with Crippen LogP contribution in [0.15, 0.2) is 33.9 Å². The predicted octanol–water partition coefficient (Wildman–Crippen LogP) is 0.778. The van der Waals surface area contributed by atoms with Crippen LogP contribution < -0.4 is 25.8 Å². The average Bonchev–Trinajstić information content (AvgIpc) is 3.13. The summed E-state index contributed by atoms with van der Waals surface area (Å²) >= 11 is 0. The molecule has 0 saturated carbocycles. The van der Waals surface area contributed by atoms with E-state index >= 15 is 0 Å². The summed E-state index contributed by atoms with van der Waals surface area (Å²) in [6.07, 6.45) is 0. The number of nitrogens with zero attached hydrogens (tertiary/aromatic N) is 5. The zero-order valence-corrected chi connectivity index (χ0v) is 16.3. The lowest BCUT2D eigenvalue weighted by molar-refractivity contribution is 0.415. The van der Waals surface area contributed by atoms with Gasteiger partial charge in [0.2, 0.25) is 5.95 Å². The van der Waals surface area contributed by atoms with Gasteiger partial charge >= 0.3 is 5.69 Å². The average molecular weight is 384 g/mol. The zero-order chi connectivity index (χ0) is 19.8. The number of nitrogens with one attached hydrogen (secondary N) is 1. The number of fused-ring (bicyclic) bond motifs is 1. The minimum absolute atomic E-state index is 0.393. The molecule has 0 radical (unpaired) electrons. The number of methoxy groups -OCH3 is 1. The van der Waals surface area contributed by atoms with Gasteiger partial charge in [-0.2, -0.15) is 4.98 Å². The lowest BCUT2D eigenvalue weighted by Gasteiger charge is -2.36. The Hall–Kier alpha value is -3.23. The minimum Gasteiger partial charge on any atom is -0.497 e. The Morgan fingerprint density at radius 1 is 1.07 bits per heavy atom. The van der Waals surface area contributed by atoms with Crippen LogP contribution in [0.3, 0.4) is 0 Å². The van der Waals surface area contributed by atoms with E-state index in [4.69, 9.17) is 4.74 Å². The fraction of sp³-hybridized carbons (Fsp3) is 0.421. The second-order valence-electron chi connectivity index (χ2n) is 6.82. The summed E-state index contributed by atoms with van der Waals surface area (Å²) < 4.78 is 8.50. The summed E-state index contributed by atoms with van der Waals surface area (Å²) in [5.74, 6) is 1.58. The Morgan fingerprint density at radius 3 is 2.32 bits per heavy atom. The van der Waals surface area contributed by atoms with Gasteiger partial charge in [0.05, 0.1) is 7.11 Å². The maximum Gasteiger partial charge on any atom is 0.329 e. The molecule has 9 nitrogen and oxygen atoms in total. The highest BCUT2D eigenvalue weighted by atomic mass is 16.5. The Kier molecular flexibility index (Phi) is 4.58. The molecule has 3 aromatic rings. The van der Waals surface area contributed by atoms with Gasteiger partial charge in [-0.15, -0.1) is 0 Å². The molecule has 0 atom stereocenters. The van der Waals surface area contributed by atoms with Crippen LogP contribution in [-0.2, 0) is 13.6 Å². The van der Waals surface area contributed by atoms with E-state index in [-0.39, 0.29) is 0 Å². The van der Waals surface area contributed by atoms with Crippen molar-refractivity contribution >= 4 is 22.8 Å². The Morgan fingerprint density at radius 2 is 1.71 bits per heavy atom. The summed E-state index contributed by atoms with van der Waals surface area (Å²) in [7, 11) is 3.29. The second kappa shape index (κ2) is 7.06. The molecular weight excluding hydrogens is 360 g/mol. The number of aromatic amines is 1. The Labute approximate surface area is 161 Å². The molecule has 1 aliphatic rings. The van der Waals surface area contributed by atoms with E-state index in [1.54, 1.807) is 14.2 Å². The molecule has 0 unspecified atom stereocenters. The minimum atomic E-state index is -0.450. The molecule has 1 fully saturated rings. The molecule has 3 heterocycles. The van der Waals surface area contributed by atoms with Crippen molar-refractivity contribution in [2.75, 3.05) is 43.1 Å². The van der Waals surface area contributed by atoms with E-state index in [9.17, 15) is 9.59 Å². The van der Waals surface area contributed by atoms with Gasteiger partial charge in [-0.25, -0.2) is 4.79 Å². The second-order valence-corrected chi connectivity index (χ2v) is 6.82. The van der Waals surface area contributed by atoms with E-state index in [0.717, 1.165) is 43.6 Å². The summed E-state index contributed by atoms with van der Waals surface area (Å²) in [4.78, 5) is 35.8. The molecule has 148 valence electrons. The molecule has 0 bridgehead atoms. The molecular formula is C19H24N6O3. The fourth-order valence-electron chi connectivity index (χ4n) is 3.72. The monoisotopic (exact) mass is 384 g/mol. The van der Waals surface area contributed by atoms with E-state index in [0.29, 0.717) is 17.7 Å². The number of hydrogen-bond acceptors (Lipinski definition) is 6. The quantitative estimate of drug-likeness (QED) is 0.715. The van der Waals surface area contributed by atoms with Gasteiger partial charge in [-0.05, 0) is 31.2 Å². The number of anilines is 2. The van der Waals surface area contributed by atoms with Crippen molar-refractivity contribution < 1.29 is 4.74 Å². The number of aromatic nitrogens is 4. The van der Waals surface area contributed by atoms with Crippen LogP contribution in [0.5, 0.6) is 5.75 Å². The van der Waals surface area contributed by atoms with E-state index in [1.807, 2.05) is 23.6 Å². The summed E-state index contributed by atoms with van der Waals surface area (Å²) in [6.45, 7) is 5.82. The number of imidazole rings is 1. The van der Waals surface area contributed by atoms with Crippen molar-refractivity contribution in [1.82, 2.24) is 19.1 Å². The van der Waals surface area contributed by atoms with Crippen molar-refractivity contribution in [1.29, 1.82) is 0 Å². The van der Waals surface area contributed by atoms with Crippen LogP contribution in [-0.4, -0.2) is 52.4 Å². The zero-order valence-electron chi connectivity index (χ0n) is 16.3. The highest BCUT2D eigenvalue weighted by Crippen LogP contribution is 2.24. The van der Waals surface area contributed by atoms with Crippen LogP contribution in [0.2, 0.25) is 0 Å². The largest absolute Gasteiger partial charge is 0.497 e. The van der Waals surface area contributed by atoms with E-state index < -0.39 is 11.2 Å². The molecule has 0 aliphatic carbocycles. The van der Waals surface area contributed by atoms with Gasteiger partial charge in [0, 0.05) is 45.5 Å². The first-order valence-corrected chi connectivity index (χ1v) is 9.37. The molecule has 1 aromatic carbocycles. The normalized spacial score (nSPS) is 14.7. The SMILES string of the molecule is CCn1c(N2CCN(c3ccc(OC)cc3)CC2)nc2c1c(=O)[nH]c(=O)n2C. The molecule has 9 heteroatoms. The van der Waals surface area contributed by atoms with Crippen molar-refractivity contribution in [3.05, 3.63) is 45.1 Å². The maximum atomic E-state index is 12.4. The first-order chi connectivity index (χ1) is 13.5. The topological polar surface area (TPSA) is 88.4 Å². The van der Waals surface area contributed by atoms with E-state index in [1.165, 1.54) is 4.57 Å². The van der Waals surface area contributed by atoms with E-state index in [2.05, 4.69) is 31.9 Å². The molecule has 0 amide bonds. The summed E-state index contributed by atoms with van der Waals surface area (Å²) in [5.41, 5.74) is 1.17. The third kappa shape index (κ3) is 2.92. The number of H-pyrrole nitrogens is 1. The third-order valence-electron chi connectivity index (χ3n) is 5.30. The van der Waals surface area contributed by atoms with Crippen molar-refractivity contribution in [2.45, 2.75) is 13.5 Å². The number of benzene rings is 1. The van der Waals surface area contributed by atoms with Crippen LogP contribution in [0, 0.1) is 0 Å². The molecule has 28 heavy (non-hydrogen) atoms. The molecule has 1 N–H and O–H groups in total. The molecule has 0 spiro atoms. The number of hydrogen-bond donors (Lipinski definition) is 1. The number of piperazine rings is 1. The highest BCUT2D eigenvalue weighted by molar-refractivity contribution is 5.74. The van der Waals surface area contributed by atoms with Gasteiger partial charge in [0.1, 0.15) is 5.75 Å². The van der Waals surface area contributed by atoms with Crippen molar-refractivity contribution in [3.63, 3.8) is 0 Å². The van der Waals surface area contributed by atoms with Gasteiger partial charge in [0.15, 0.2) is 11.2 Å². The van der Waals surface area contributed by atoms with Crippen molar-refractivity contribution in [3.8, 4) is 5.75 Å². The first kappa shape index (κ1) is 18.1. The van der Waals surface area contributed by atoms with Crippen LogP contribution in [0.25, 0.3) is 11.2 Å². The molecule has 1 aliphatic heterocycles. The third-order valence-corrected chi connectivity index (χ3v) is 5.30. The Balaban J connectivity index is 1.61. The number of aryl methyl sites for hydroxylation is 2. The standard InChI is InChI=1S/C19H24N6O3/c1-4-25-15-16(22(2)19(27)21-17(15)26)20-18(25)24-11-9-23(10-12-24)13-5-7-14(28-3)8-6-13/h5-8H,4,9-12H2,1-3H3,(H,21,26,27). The number of rotatable bonds is 4. The van der Waals surface area contributed by atoms with Gasteiger partial charge in [-0.3, -0.25) is 14.3 Å². The van der Waals surface area contributed by atoms with Gasteiger partial charge in [-0.1, -0.05) is 0 Å². The highest BCUT2D eigenvalue weighted by Gasteiger charge is 2.24. The molecule has 1 saturated heterocycles. The molecule has 4 rings (SSSR count). The van der Waals surface area contributed by atoms with Crippen molar-refractivity contribution in [2.24, 2.45) is 7.05 Å². The predicted molar refractivity (Wildman–Crippen MR) is 109 cm³/mol. The molecule has 2 aromatic heterocycles. The summed E-state index contributed by atoms with van der Waals surface area (Å²) in [5, 5.41) is 0. The van der Waals surface area contributed by atoms with Gasteiger partial charge < -0.3 is 19.1 Å². The lowest BCUT2D eigenvalue weighted by Crippen LogP contribution is -2.47.